The topological polar surface area (TPSA) is 21.3 Å². The molecule has 2 aromatic carbocycles. The van der Waals surface area contributed by atoms with Crippen LogP contribution >= 0.6 is 11.6 Å². The first kappa shape index (κ1) is 15.8. The molecule has 0 fully saturated rings. The lowest BCUT2D eigenvalue weighted by Gasteiger charge is -2.17. The fourth-order valence-corrected chi connectivity index (χ4v) is 2.43. The number of nitrogens with one attached hydrogen (secondary N) is 1. The summed E-state index contributed by atoms with van der Waals surface area (Å²) < 4.78 is 18.7. The Morgan fingerprint density at radius 3 is 2.29 bits per heavy atom. The van der Waals surface area contributed by atoms with Crippen LogP contribution in [0.3, 0.4) is 0 Å². The number of hydrogen-bond acceptors (Lipinski definition) is 2. The molecule has 2 rings (SSSR count). The minimum Gasteiger partial charge on any atom is -0.494 e. The molecule has 0 saturated carbocycles. The Hall–Kier alpha value is -1.58. The second-order valence-electron chi connectivity index (χ2n) is 4.99. The summed E-state index contributed by atoms with van der Waals surface area (Å²) in [5, 5.41) is 4.01. The van der Waals surface area contributed by atoms with Gasteiger partial charge in [0, 0.05) is 11.1 Å². The van der Waals surface area contributed by atoms with Crippen molar-refractivity contribution in [1.82, 2.24) is 5.32 Å². The zero-order chi connectivity index (χ0) is 15.2. The van der Waals surface area contributed by atoms with E-state index >= 15 is 0 Å². The van der Waals surface area contributed by atoms with Gasteiger partial charge in [-0.1, -0.05) is 29.8 Å². The molecule has 21 heavy (non-hydrogen) atoms. The molecule has 1 N–H and O–H groups in total. The van der Waals surface area contributed by atoms with Gasteiger partial charge in [0.1, 0.15) is 0 Å². The van der Waals surface area contributed by atoms with Crippen molar-refractivity contribution in [2.24, 2.45) is 0 Å². The van der Waals surface area contributed by atoms with Crippen molar-refractivity contribution in [1.29, 1.82) is 0 Å². The molecule has 2 aromatic rings. The summed E-state index contributed by atoms with van der Waals surface area (Å²) in [4.78, 5) is 0. The number of rotatable bonds is 6. The average Bonchev–Trinajstić information content (AvgIpc) is 2.49. The summed E-state index contributed by atoms with van der Waals surface area (Å²) in [7, 11) is 3.38. The maximum absolute atomic E-state index is 13.7. The Morgan fingerprint density at radius 1 is 1.10 bits per heavy atom. The maximum Gasteiger partial charge on any atom is 0.165 e. The minimum atomic E-state index is -0.323. The molecule has 1 unspecified atom stereocenters. The van der Waals surface area contributed by atoms with Crippen LogP contribution in [-0.4, -0.2) is 20.2 Å². The third-order valence-corrected chi connectivity index (χ3v) is 3.75. The Morgan fingerprint density at radius 2 is 1.71 bits per heavy atom. The van der Waals surface area contributed by atoms with E-state index in [-0.39, 0.29) is 17.6 Å². The van der Waals surface area contributed by atoms with Gasteiger partial charge in [0.15, 0.2) is 11.6 Å². The highest BCUT2D eigenvalue weighted by molar-refractivity contribution is 6.30. The first-order valence-electron chi connectivity index (χ1n) is 6.86. The minimum absolute atomic E-state index is 0.235. The van der Waals surface area contributed by atoms with Crippen molar-refractivity contribution in [3.63, 3.8) is 0 Å². The van der Waals surface area contributed by atoms with Crippen LogP contribution in [0.5, 0.6) is 5.75 Å². The summed E-state index contributed by atoms with van der Waals surface area (Å²) in [6, 6.07) is 13.1. The van der Waals surface area contributed by atoms with Crippen molar-refractivity contribution < 1.29 is 9.13 Å². The Kier molecular flexibility index (Phi) is 5.59. The molecular weight excluding hydrogens is 289 g/mol. The highest BCUT2D eigenvalue weighted by atomic mass is 35.5. The van der Waals surface area contributed by atoms with Crippen LogP contribution < -0.4 is 10.1 Å². The van der Waals surface area contributed by atoms with Gasteiger partial charge in [0.2, 0.25) is 0 Å². The van der Waals surface area contributed by atoms with E-state index in [4.69, 9.17) is 16.3 Å². The SMILES string of the molecule is CNC(Cc1ccc(Cl)cc1)Cc1ccc(OC)c(F)c1. The van der Waals surface area contributed by atoms with E-state index in [2.05, 4.69) is 5.32 Å². The highest BCUT2D eigenvalue weighted by Crippen LogP contribution is 2.19. The Labute approximate surface area is 129 Å². The molecule has 0 aromatic heterocycles. The van der Waals surface area contributed by atoms with Crippen molar-refractivity contribution in [3.05, 3.63) is 64.4 Å². The molecule has 0 aliphatic rings. The quantitative estimate of drug-likeness (QED) is 0.875. The first-order valence-corrected chi connectivity index (χ1v) is 7.24. The molecule has 112 valence electrons. The van der Waals surface area contributed by atoms with Crippen LogP contribution in [0, 0.1) is 5.82 Å². The van der Waals surface area contributed by atoms with Gasteiger partial charge in [-0.2, -0.15) is 0 Å². The molecule has 0 aliphatic heterocycles. The molecule has 2 nitrogen and oxygen atoms in total. The molecule has 0 heterocycles. The number of ether oxygens (including phenoxy) is 1. The molecule has 4 heteroatoms. The molecule has 0 radical (unpaired) electrons. The molecule has 0 amide bonds. The number of benzene rings is 2. The predicted molar refractivity (Wildman–Crippen MR) is 84.7 cm³/mol. The zero-order valence-corrected chi connectivity index (χ0v) is 13.0. The maximum atomic E-state index is 13.7. The second kappa shape index (κ2) is 7.43. The van der Waals surface area contributed by atoms with Crippen LogP contribution in [0.15, 0.2) is 42.5 Å². The van der Waals surface area contributed by atoms with E-state index in [1.165, 1.54) is 18.7 Å². The van der Waals surface area contributed by atoms with E-state index in [0.717, 1.165) is 23.4 Å². The van der Waals surface area contributed by atoms with Gasteiger partial charge in [0.05, 0.1) is 7.11 Å². The smallest absolute Gasteiger partial charge is 0.165 e. The molecule has 0 saturated heterocycles. The lowest BCUT2D eigenvalue weighted by molar-refractivity contribution is 0.386. The predicted octanol–water partition coefficient (Wildman–Crippen LogP) is 3.86. The van der Waals surface area contributed by atoms with Gasteiger partial charge in [-0.3, -0.25) is 0 Å². The van der Waals surface area contributed by atoms with Crippen molar-refractivity contribution >= 4 is 11.6 Å². The first-order chi connectivity index (χ1) is 10.1. The number of hydrogen-bond donors (Lipinski definition) is 1. The fourth-order valence-electron chi connectivity index (χ4n) is 2.30. The fraction of sp³-hybridized carbons (Fsp3) is 0.294. The van der Waals surface area contributed by atoms with E-state index < -0.39 is 0 Å². The second-order valence-corrected chi connectivity index (χ2v) is 5.43. The summed E-state index contributed by atoms with van der Waals surface area (Å²) in [6.07, 6.45) is 1.61. The van der Waals surface area contributed by atoms with Gasteiger partial charge in [-0.25, -0.2) is 4.39 Å². The van der Waals surface area contributed by atoms with Gasteiger partial charge in [-0.15, -0.1) is 0 Å². The molecular formula is C17H19ClFNO. The molecule has 0 spiro atoms. The third-order valence-electron chi connectivity index (χ3n) is 3.50. The summed E-state index contributed by atoms with van der Waals surface area (Å²) >= 11 is 5.89. The molecule has 0 bridgehead atoms. The van der Waals surface area contributed by atoms with Crippen molar-refractivity contribution in [3.8, 4) is 5.75 Å². The Bertz CT molecular complexity index is 586. The van der Waals surface area contributed by atoms with Gasteiger partial charge < -0.3 is 10.1 Å². The lowest BCUT2D eigenvalue weighted by atomic mass is 9.99. The van der Waals surface area contributed by atoms with Gasteiger partial charge in [-0.05, 0) is 55.3 Å². The van der Waals surface area contributed by atoms with E-state index in [1.807, 2.05) is 37.4 Å². The van der Waals surface area contributed by atoms with Crippen molar-refractivity contribution in [2.75, 3.05) is 14.2 Å². The summed E-state index contributed by atoms with van der Waals surface area (Å²) in [5.41, 5.74) is 2.15. The van der Waals surface area contributed by atoms with E-state index in [1.54, 1.807) is 6.07 Å². The zero-order valence-electron chi connectivity index (χ0n) is 12.2. The van der Waals surface area contributed by atoms with Crippen LogP contribution in [0.1, 0.15) is 11.1 Å². The summed E-state index contributed by atoms with van der Waals surface area (Å²) in [6.45, 7) is 0. The van der Waals surface area contributed by atoms with Crippen LogP contribution in [0.4, 0.5) is 4.39 Å². The normalized spacial score (nSPS) is 12.2. The standard InChI is InChI=1S/C17H19ClFNO/c1-20-15(9-12-3-6-14(18)7-4-12)10-13-5-8-17(21-2)16(19)11-13/h3-8,11,15,20H,9-10H2,1-2H3. The summed E-state index contributed by atoms with van der Waals surface area (Å²) in [5.74, 6) is -0.0474. The number of likely N-dealkylation sites (N-methyl/N-ethyl adjacent to an activating group) is 1. The van der Waals surface area contributed by atoms with E-state index in [0.29, 0.717) is 0 Å². The number of halogens is 2. The number of methoxy groups -OCH3 is 1. The third kappa shape index (κ3) is 4.45. The largest absolute Gasteiger partial charge is 0.494 e. The molecule has 1 atom stereocenters. The van der Waals surface area contributed by atoms with E-state index in [9.17, 15) is 4.39 Å². The molecule has 0 aliphatic carbocycles. The van der Waals surface area contributed by atoms with Gasteiger partial charge >= 0.3 is 0 Å². The van der Waals surface area contributed by atoms with Crippen LogP contribution in [0.2, 0.25) is 5.02 Å². The van der Waals surface area contributed by atoms with Crippen LogP contribution in [0.25, 0.3) is 0 Å². The monoisotopic (exact) mass is 307 g/mol. The van der Waals surface area contributed by atoms with Crippen LogP contribution in [-0.2, 0) is 12.8 Å². The average molecular weight is 308 g/mol. The van der Waals surface area contributed by atoms with Crippen molar-refractivity contribution in [2.45, 2.75) is 18.9 Å². The van der Waals surface area contributed by atoms with Gasteiger partial charge in [0.25, 0.3) is 0 Å². The highest BCUT2D eigenvalue weighted by Gasteiger charge is 2.11. The lowest BCUT2D eigenvalue weighted by Crippen LogP contribution is -2.29. The Balaban J connectivity index is 2.05.